The number of halogens is 2. The van der Waals surface area contributed by atoms with Gasteiger partial charge in [-0.2, -0.15) is 0 Å². The molecule has 0 radical (unpaired) electrons. The number of nitrogens with one attached hydrogen (secondary N) is 1. The molecule has 0 spiro atoms. The lowest BCUT2D eigenvalue weighted by molar-refractivity contribution is 0.0179. The molecule has 1 N–H and O–H groups in total. The normalized spacial score (nSPS) is 22.4. The van der Waals surface area contributed by atoms with E-state index in [9.17, 15) is 0 Å². The van der Waals surface area contributed by atoms with Crippen LogP contribution in [0.1, 0.15) is 26.7 Å². The predicted molar refractivity (Wildman–Crippen MR) is 83.0 cm³/mol. The van der Waals surface area contributed by atoms with Crippen LogP contribution in [0.2, 0.25) is 10.0 Å². The molecule has 1 aliphatic heterocycles. The van der Waals surface area contributed by atoms with Crippen molar-refractivity contribution in [2.45, 2.75) is 44.9 Å². The average Bonchev–Trinajstić information content (AvgIpc) is 2.83. The van der Waals surface area contributed by atoms with Crippen LogP contribution < -0.4 is 10.1 Å². The molecule has 0 saturated carbocycles. The molecule has 1 heterocycles. The maximum Gasteiger partial charge on any atom is 0.138 e. The molecule has 112 valence electrons. The highest BCUT2D eigenvalue weighted by molar-refractivity contribution is 6.35. The van der Waals surface area contributed by atoms with Gasteiger partial charge in [0.2, 0.25) is 0 Å². The Bertz CT molecular complexity index is 440. The van der Waals surface area contributed by atoms with Crippen molar-refractivity contribution >= 4 is 23.2 Å². The zero-order valence-corrected chi connectivity index (χ0v) is 13.4. The summed E-state index contributed by atoms with van der Waals surface area (Å²) in [4.78, 5) is 0. The lowest BCUT2D eigenvalue weighted by Gasteiger charge is -2.16. The third kappa shape index (κ3) is 4.81. The van der Waals surface area contributed by atoms with Crippen LogP contribution in [0.15, 0.2) is 18.2 Å². The van der Waals surface area contributed by atoms with Crippen molar-refractivity contribution in [2.24, 2.45) is 0 Å². The molecule has 2 unspecified atom stereocenters. The summed E-state index contributed by atoms with van der Waals surface area (Å²) < 4.78 is 11.7. The second kappa shape index (κ2) is 7.51. The van der Waals surface area contributed by atoms with Gasteiger partial charge >= 0.3 is 0 Å². The molecule has 3 nitrogen and oxygen atoms in total. The largest absolute Gasteiger partial charge is 0.489 e. The number of benzene rings is 1. The minimum absolute atomic E-state index is 0.140. The van der Waals surface area contributed by atoms with E-state index in [1.807, 2.05) is 0 Å². The zero-order chi connectivity index (χ0) is 14.5. The number of hydrogen-bond acceptors (Lipinski definition) is 3. The molecule has 1 aromatic carbocycles. The highest BCUT2D eigenvalue weighted by Gasteiger charge is 2.25. The van der Waals surface area contributed by atoms with Gasteiger partial charge in [-0.25, -0.2) is 0 Å². The predicted octanol–water partition coefficient (Wildman–Crippen LogP) is 3.92. The molecule has 1 aromatic rings. The van der Waals surface area contributed by atoms with E-state index in [2.05, 4.69) is 19.2 Å². The van der Waals surface area contributed by atoms with E-state index in [1.165, 1.54) is 0 Å². The molecule has 0 aliphatic carbocycles. The van der Waals surface area contributed by atoms with Crippen LogP contribution in [-0.4, -0.2) is 31.4 Å². The summed E-state index contributed by atoms with van der Waals surface area (Å²) in [6.45, 7) is 5.70. The molecule has 0 aromatic heterocycles. The van der Waals surface area contributed by atoms with Crippen molar-refractivity contribution < 1.29 is 9.47 Å². The monoisotopic (exact) mass is 317 g/mol. The van der Waals surface area contributed by atoms with Gasteiger partial charge in [0, 0.05) is 17.6 Å². The molecule has 1 saturated heterocycles. The Labute approximate surface area is 130 Å². The Balaban J connectivity index is 1.75. The second-order valence-corrected chi connectivity index (χ2v) is 6.25. The lowest BCUT2D eigenvalue weighted by atomic mass is 10.2. The Morgan fingerprint density at radius 1 is 1.30 bits per heavy atom. The lowest BCUT2D eigenvalue weighted by Crippen LogP contribution is -2.32. The second-order valence-electron chi connectivity index (χ2n) is 5.41. The summed E-state index contributed by atoms with van der Waals surface area (Å²) in [6, 6.07) is 5.73. The molecule has 0 bridgehead atoms. The molecule has 20 heavy (non-hydrogen) atoms. The van der Waals surface area contributed by atoms with Gasteiger partial charge in [-0.3, -0.25) is 0 Å². The number of ether oxygens (including phenoxy) is 2. The van der Waals surface area contributed by atoms with E-state index in [-0.39, 0.29) is 12.2 Å². The topological polar surface area (TPSA) is 30.5 Å². The van der Waals surface area contributed by atoms with Gasteiger partial charge in [-0.1, -0.05) is 37.0 Å². The fourth-order valence-corrected chi connectivity index (χ4v) is 2.66. The first kappa shape index (κ1) is 15.9. The first-order valence-electron chi connectivity index (χ1n) is 7.01. The van der Waals surface area contributed by atoms with Crippen molar-refractivity contribution in [3.63, 3.8) is 0 Å². The van der Waals surface area contributed by atoms with Gasteiger partial charge < -0.3 is 14.8 Å². The van der Waals surface area contributed by atoms with Crippen molar-refractivity contribution in [3.05, 3.63) is 28.2 Å². The van der Waals surface area contributed by atoms with Crippen LogP contribution in [0.5, 0.6) is 5.75 Å². The highest BCUT2D eigenvalue weighted by atomic mass is 35.5. The molecule has 0 amide bonds. The summed E-state index contributed by atoms with van der Waals surface area (Å²) in [7, 11) is 0. The molecule has 5 heteroatoms. The van der Waals surface area contributed by atoms with Crippen LogP contribution in [0.4, 0.5) is 0 Å². The van der Waals surface area contributed by atoms with Crippen molar-refractivity contribution in [3.8, 4) is 5.75 Å². The average molecular weight is 318 g/mol. The number of rotatable bonds is 6. The van der Waals surface area contributed by atoms with Crippen molar-refractivity contribution in [1.82, 2.24) is 5.32 Å². The van der Waals surface area contributed by atoms with E-state index in [1.54, 1.807) is 18.2 Å². The minimum Gasteiger partial charge on any atom is -0.489 e. The first-order valence-corrected chi connectivity index (χ1v) is 7.77. The summed E-state index contributed by atoms with van der Waals surface area (Å²) in [5.41, 5.74) is 0. The van der Waals surface area contributed by atoms with Crippen molar-refractivity contribution in [1.29, 1.82) is 0 Å². The zero-order valence-electron chi connectivity index (χ0n) is 11.9. The van der Waals surface area contributed by atoms with Gasteiger partial charge in [0.05, 0.1) is 17.2 Å². The fraction of sp³-hybridized carbons (Fsp3) is 0.600. The standard InChI is InChI=1S/C15H21Cl2NO2/c1-10(2)18-8-12-4-5-13(20-12)9-19-15-6-3-11(16)7-14(15)17/h3,6-7,10,12-13,18H,4-5,8-9H2,1-2H3. The SMILES string of the molecule is CC(C)NCC1CCC(COc2ccc(Cl)cc2Cl)O1. The van der Waals surface area contributed by atoms with Gasteiger partial charge in [0.15, 0.2) is 0 Å². The highest BCUT2D eigenvalue weighted by Crippen LogP contribution is 2.28. The molecule has 1 fully saturated rings. The quantitative estimate of drug-likeness (QED) is 0.862. The molecule has 1 aliphatic rings. The van der Waals surface area contributed by atoms with Crippen LogP contribution in [0.3, 0.4) is 0 Å². The van der Waals surface area contributed by atoms with Crippen LogP contribution >= 0.6 is 23.2 Å². The minimum atomic E-state index is 0.140. The van der Waals surface area contributed by atoms with E-state index in [0.717, 1.165) is 19.4 Å². The third-order valence-corrected chi connectivity index (χ3v) is 3.80. The van der Waals surface area contributed by atoms with Crippen LogP contribution in [0.25, 0.3) is 0 Å². The Morgan fingerprint density at radius 3 is 2.75 bits per heavy atom. The summed E-state index contributed by atoms with van der Waals surface area (Å²) in [6.07, 6.45) is 2.52. The Kier molecular flexibility index (Phi) is 5.97. The number of hydrogen-bond donors (Lipinski definition) is 1. The Morgan fingerprint density at radius 2 is 2.05 bits per heavy atom. The summed E-state index contributed by atoms with van der Waals surface area (Å²) in [5, 5.41) is 4.54. The third-order valence-electron chi connectivity index (χ3n) is 3.27. The molecular weight excluding hydrogens is 297 g/mol. The van der Waals surface area contributed by atoms with E-state index < -0.39 is 0 Å². The van der Waals surface area contributed by atoms with Gasteiger partial charge in [0.25, 0.3) is 0 Å². The maximum atomic E-state index is 6.07. The van der Waals surface area contributed by atoms with E-state index in [4.69, 9.17) is 32.7 Å². The molecule has 2 rings (SSSR count). The van der Waals surface area contributed by atoms with Gasteiger partial charge in [0.1, 0.15) is 12.4 Å². The Hall–Kier alpha value is -0.480. The van der Waals surface area contributed by atoms with Crippen LogP contribution in [-0.2, 0) is 4.74 Å². The smallest absolute Gasteiger partial charge is 0.138 e. The maximum absolute atomic E-state index is 6.07. The van der Waals surface area contributed by atoms with E-state index >= 15 is 0 Å². The fourth-order valence-electron chi connectivity index (χ4n) is 2.19. The van der Waals surface area contributed by atoms with Gasteiger partial charge in [-0.15, -0.1) is 0 Å². The molecular formula is C15H21Cl2NO2. The van der Waals surface area contributed by atoms with Crippen LogP contribution in [0, 0.1) is 0 Å². The molecule has 2 atom stereocenters. The van der Waals surface area contributed by atoms with Gasteiger partial charge in [-0.05, 0) is 31.0 Å². The van der Waals surface area contributed by atoms with Crippen molar-refractivity contribution in [2.75, 3.05) is 13.2 Å². The first-order chi connectivity index (χ1) is 9.54. The summed E-state index contributed by atoms with van der Waals surface area (Å²) in [5.74, 6) is 0.656. The van der Waals surface area contributed by atoms with E-state index in [0.29, 0.717) is 28.4 Å². The summed E-state index contributed by atoms with van der Waals surface area (Å²) >= 11 is 11.9.